The highest BCUT2D eigenvalue weighted by atomic mass is 16.5. The van der Waals surface area contributed by atoms with E-state index in [1.54, 1.807) is 6.08 Å². The second-order valence-corrected chi connectivity index (χ2v) is 3.83. The highest BCUT2D eigenvalue weighted by Gasteiger charge is 2.27. The highest BCUT2D eigenvalue weighted by Crippen LogP contribution is 2.39. The van der Waals surface area contributed by atoms with E-state index in [-0.39, 0.29) is 0 Å². The normalized spacial score (nSPS) is 14.6. The van der Waals surface area contributed by atoms with Gasteiger partial charge >= 0.3 is 0 Å². The van der Waals surface area contributed by atoms with Crippen molar-refractivity contribution in [2.75, 3.05) is 18.5 Å². The van der Waals surface area contributed by atoms with E-state index >= 15 is 0 Å². The van der Waals surface area contributed by atoms with Gasteiger partial charge in [0.2, 0.25) is 5.88 Å². The molecule has 1 aliphatic rings. The molecule has 0 atom stereocenters. The molecule has 4 nitrogen and oxygen atoms in total. The van der Waals surface area contributed by atoms with E-state index in [0.29, 0.717) is 24.9 Å². The molecule has 1 aromatic heterocycles. The third kappa shape index (κ3) is 2.72. The van der Waals surface area contributed by atoms with Crippen LogP contribution < -0.4 is 10.1 Å². The van der Waals surface area contributed by atoms with Gasteiger partial charge in [-0.3, -0.25) is 0 Å². The molecule has 4 heteroatoms. The molecule has 0 bridgehead atoms. The lowest BCUT2D eigenvalue weighted by Gasteiger charge is -2.08. The van der Waals surface area contributed by atoms with Crippen LogP contribution in [0.5, 0.6) is 5.88 Å². The van der Waals surface area contributed by atoms with Gasteiger partial charge in [0.1, 0.15) is 11.6 Å². The average Bonchev–Trinajstić information content (AvgIpc) is 3.10. The van der Waals surface area contributed by atoms with Gasteiger partial charge in [-0.2, -0.15) is 4.98 Å². The van der Waals surface area contributed by atoms with E-state index in [9.17, 15) is 0 Å². The minimum Gasteiger partial charge on any atom is -0.478 e. The molecule has 1 saturated carbocycles. The second kappa shape index (κ2) is 4.96. The van der Waals surface area contributed by atoms with E-state index in [4.69, 9.17) is 4.74 Å². The molecule has 16 heavy (non-hydrogen) atoms. The van der Waals surface area contributed by atoms with Gasteiger partial charge in [0.05, 0.1) is 6.61 Å². The number of rotatable bonds is 6. The van der Waals surface area contributed by atoms with E-state index < -0.39 is 0 Å². The molecule has 0 spiro atoms. The van der Waals surface area contributed by atoms with Gasteiger partial charge in [0, 0.05) is 18.5 Å². The Labute approximate surface area is 95.8 Å². The van der Waals surface area contributed by atoms with Crippen LogP contribution in [-0.2, 0) is 0 Å². The number of nitrogens with one attached hydrogen (secondary N) is 1. The lowest BCUT2D eigenvalue weighted by atomic mass is 10.4. The lowest BCUT2D eigenvalue weighted by Crippen LogP contribution is -2.05. The Balaban J connectivity index is 2.17. The molecular weight excluding hydrogens is 202 g/mol. The molecule has 0 aromatic carbocycles. The highest BCUT2D eigenvalue weighted by molar-refractivity contribution is 5.39. The van der Waals surface area contributed by atoms with Crippen molar-refractivity contribution < 1.29 is 4.74 Å². The van der Waals surface area contributed by atoms with Crippen LogP contribution in [0.25, 0.3) is 0 Å². The predicted octanol–water partition coefficient (Wildman–Crippen LogP) is 2.35. The van der Waals surface area contributed by atoms with Crippen LogP contribution in [0.4, 0.5) is 5.82 Å². The maximum Gasteiger partial charge on any atom is 0.218 e. The molecule has 0 radical (unpaired) electrons. The number of anilines is 1. The van der Waals surface area contributed by atoms with Crippen LogP contribution in [0.15, 0.2) is 18.7 Å². The summed E-state index contributed by atoms with van der Waals surface area (Å²) in [5.74, 6) is 2.91. The number of hydrogen-bond donors (Lipinski definition) is 1. The SMILES string of the molecule is C=CCNc1cc(OCC)nc(C2CC2)n1. The van der Waals surface area contributed by atoms with Gasteiger partial charge in [0.25, 0.3) is 0 Å². The van der Waals surface area contributed by atoms with E-state index in [1.807, 2.05) is 13.0 Å². The summed E-state index contributed by atoms with van der Waals surface area (Å²) < 4.78 is 5.43. The van der Waals surface area contributed by atoms with Crippen LogP contribution in [0.3, 0.4) is 0 Å². The Hall–Kier alpha value is -1.58. The van der Waals surface area contributed by atoms with Crippen molar-refractivity contribution in [1.29, 1.82) is 0 Å². The van der Waals surface area contributed by atoms with Crippen molar-refractivity contribution >= 4 is 5.82 Å². The van der Waals surface area contributed by atoms with Gasteiger partial charge < -0.3 is 10.1 Å². The first-order valence-corrected chi connectivity index (χ1v) is 5.70. The predicted molar refractivity (Wildman–Crippen MR) is 63.9 cm³/mol. The molecule has 1 N–H and O–H groups in total. The Bertz CT molecular complexity index is 375. The lowest BCUT2D eigenvalue weighted by molar-refractivity contribution is 0.325. The maximum absolute atomic E-state index is 5.43. The summed E-state index contributed by atoms with van der Waals surface area (Å²) in [6.45, 7) is 6.95. The third-order valence-corrected chi connectivity index (χ3v) is 2.38. The molecule has 1 aliphatic carbocycles. The molecular formula is C12H17N3O. The summed E-state index contributed by atoms with van der Waals surface area (Å²) in [5.41, 5.74) is 0. The van der Waals surface area contributed by atoms with Crippen LogP contribution in [0, 0.1) is 0 Å². The summed E-state index contributed by atoms with van der Waals surface area (Å²) in [4.78, 5) is 8.86. The third-order valence-electron chi connectivity index (χ3n) is 2.38. The molecule has 1 heterocycles. The first kappa shape index (κ1) is 10.9. The summed E-state index contributed by atoms with van der Waals surface area (Å²) in [5, 5.41) is 3.17. The molecule has 2 rings (SSSR count). The summed E-state index contributed by atoms with van der Waals surface area (Å²) >= 11 is 0. The largest absolute Gasteiger partial charge is 0.478 e. The smallest absolute Gasteiger partial charge is 0.218 e. The fourth-order valence-corrected chi connectivity index (χ4v) is 1.46. The monoisotopic (exact) mass is 219 g/mol. The minimum absolute atomic E-state index is 0.532. The Morgan fingerprint density at radius 2 is 2.38 bits per heavy atom. The van der Waals surface area contributed by atoms with Crippen molar-refractivity contribution in [2.24, 2.45) is 0 Å². The van der Waals surface area contributed by atoms with Crippen LogP contribution in [0.1, 0.15) is 31.5 Å². The zero-order chi connectivity index (χ0) is 11.4. The zero-order valence-corrected chi connectivity index (χ0v) is 9.57. The topological polar surface area (TPSA) is 47.0 Å². The Morgan fingerprint density at radius 1 is 1.56 bits per heavy atom. The summed E-state index contributed by atoms with van der Waals surface area (Å²) in [7, 11) is 0. The van der Waals surface area contributed by atoms with Gasteiger partial charge in [0.15, 0.2) is 0 Å². The number of ether oxygens (including phenoxy) is 1. The van der Waals surface area contributed by atoms with Crippen molar-refractivity contribution in [3.63, 3.8) is 0 Å². The van der Waals surface area contributed by atoms with Crippen molar-refractivity contribution in [1.82, 2.24) is 9.97 Å². The number of aromatic nitrogens is 2. The fraction of sp³-hybridized carbons (Fsp3) is 0.500. The second-order valence-electron chi connectivity index (χ2n) is 3.83. The van der Waals surface area contributed by atoms with E-state index in [0.717, 1.165) is 11.6 Å². The first-order valence-electron chi connectivity index (χ1n) is 5.70. The number of nitrogens with zero attached hydrogens (tertiary/aromatic N) is 2. The van der Waals surface area contributed by atoms with Crippen molar-refractivity contribution in [2.45, 2.75) is 25.7 Å². The van der Waals surface area contributed by atoms with Gasteiger partial charge in [-0.15, -0.1) is 6.58 Å². The molecule has 0 unspecified atom stereocenters. The van der Waals surface area contributed by atoms with Crippen molar-refractivity contribution in [3.8, 4) is 5.88 Å². The van der Waals surface area contributed by atoms with Crippen LogP contribution in [0.2, 0.25) is 0 Å². The fourth-order valence-electron chi connectivity index (χ4n) is 1.46. The molecule has 1 aromatic rings. The maximum atomic E-state index is 5.43. The standard InChI is InChI=1S/C12H17N3O/c1-3-7-13-10-8-11(16-4-2)15-12(14-10)9-5-6-9/h3,8-9H,1,4-7H2,2H3,(H,13,14,15). The average molecular weight is 219 g/mol. The van der Waals surface area contributed by atoms with E-state index in [2.05, 4.69) is 21.9 Å². The zero-order valence-electron chi connectivity index (χ0n) is 9.57. The number of hydrogen-bond acceptors (Lipinski definition) is 4. The first-order chi connectivity index (χ1) is 7.83. The van der Waals surface area contributed by atoms with Gasteiger partial charge in [-0.05, 0) is 19.8 Å². The molecule has 86 valence electrons. The summed E-state index contributed by atoms with van der Waals surface area (Å²) in [6, 6.07) is 1.83. The molecule has 0 amide bonds. The molecule has 0 aliphatic heterocycles. The quantitative estimate of drug-likeness (QED) is 0.746. The van der Waals surface area contributed by atoms with Crippen molar-refractivity contribution in [3.05, 3.63) is 24.5 Å². The molecule has 1 fully saturated rings. The van der Waals surface area contributed by atoms with Gasteiger partial charge in [-0.1, -0.05) is 6.08 Å². The minimum atomic E-state index is 0.532. The summed E-state index contributed by atoms with van der Waals surface area (Å²) in [6.07, 6.45) is 4.19. The Kier molecular flexibility index (Phi) is 3.39. The van der Waals surface area contributed by atoms with Crippen LogP contribution in [-0.4, -0.2) is 23.1 Å². The Morgan fingerprint density at radius 3 is 3.00 bits per heavy atom. The van der Waals surface area contributed by atoms with Crippen LogP contribution >= 0.6 is 0 Å². The van der Waals surface area contributed by atoms with Gasteiger partial charge in [-0.25, -0.2) is 4.98 Å². The van der Waals surface area contributed by atoms with E-state index in [1.165, 1.54) is 12.8 Å². The molecule has 0 saturated heterocycles.